The Morgan fingerprint density at radius 3 is 2.57 bits per heavy atom. The minimum atomic E-state index is -0.786. The molecule has 0 spiro atoms. The van der Waals surface area contributed by atoms with Gasteiger partial charge in [0.2, 0.25) is 0 Å². The van der Waals surface area contributed by atoms with Gasteiger partial charge in [0.05, 0.1) is 10.7 Å². The maximum Gasteiger partial charge on any atom is 0.338 e. The molecule has 0 N–H and O–H groups in total. The third-order valence-electron chi connectivity index (χ3n) is 2.10. The molecule has 4 nitrogen and oxygen atoms in total. The number of benzene rings is 1. The van der Waals surface area contributed by atoms with E-state index in [4.69, 9.17) is 0 Å². The molecule has 4 heteroatoms. The summed E-state index contributed by atoms with van der Waals surface area (Å²) in [6, 6.07) is 5.36. The molecule has 70 valence electrons. The molecule has 0 fully saturated rings. The fourth-order valence-corrected chi connectivity index (χ4v) is 1.39. The summed E-state index contributed by atoms with van der Waals surface area (Å²) in [6.07, 6.45) is 0.768. The number of hydrogen-bond acceptors (Lipinski definition) is 2. The van der Waals surface area contributed by atoms with E-state index in [0.29, 0.717) is 10.7 Å². The van der Waals surface area contributed by atoms with Crippen molar-refractivity contribution in [2.24, 2.45) is 9.98 Å². The standard InChI is InChI=1S/C10H8N2O2/c1-2-6-4-3-5-7-8(6)12-10(14)9(13)11-7/h3-5H,2H2,1H3. The van der Waals surface area contributed by atoms with E-state index in [1.165, 1.54) is 0 Å². The lowest BCUT2D eigenvalue weighted by Crippen LogP contribution is -2.36. The molecular formula is C10H8N2O2. The van der Waals surface area contributed by atoms with Crippen LogP contribution < -0.4 is 10.7 Å². The number of carbonyl (C=O) groups excluding carboxylic acids is 2. The molecule has 2 rings (SSSR count). The van der Waals surface area contributed by atoms with Gasteiger partial charge in [-0.1, -0.05) is 19.1 Å². The molecule has 1 heterocycles. The molecule has 0 aliphatic carbocycles. The molecular weight excluding hydrogens is 180 g/mol. The first-order valence-corrected chi connectivity index (χ1v) is 4.36. The zero-order valence-corrected chi connectivity index (χ0v) is 7.65. The van der Waals surface area contributed by atoms with Crippen LogP contribution >= 0.6 is 0 Å². The number of para-hydroxylation sites is 1. The van der Waals surface area contributed by atoms with Crippen LogP contribution in [0.15, 0.2) is 28.2 Å². The summed E-state index contributed by atoms with van der Waals surface area (Å²) in [5, 5.41) is 1.04. The van der Waals surface area contributed by atoms with Gasteiger partial charge in [-0.15, -0.1) is 0 Å². The van der Waals surface area contributed by atoms with E-state index in [0.717, 1.165) is 12.0 Å². The Bertz CT molecular complexity index is 532. The minimum absolute atomic E-state index is 0.494. The Morgan fingerprint density at radius 2 is 1.86 bits per heavy atom. The van der Waals surface area contributed by atoms with Gasteiger partial charge in [-0.2, -0.15) is 0 Å². The van der Waals surface area contributed by atoms with E-state index in [9.17, 15) is 9.59 Å². The highest BCUT2D eigenvalue weighted by atomic mass is 16.2. The van der Waals surface area contributed by atoms with Crippen molar-refractivity contribution in [3.8, 4) is 0 Å². The number of carbonyl (C=O) groups is 2. The monoisotopic (exact) mass is 188 g/mol. The average Bonchev–Trinajstić information content (AvgIpc) is 2.19. The highest BCUT2D eigenvalue weighted by Crippen LogP contribution is 1.92. The van der Waals surface area contributed by atoms with Crippen molar-refractivity contribution in [2.45, 2.75) is 13.3 Å². The van der Waals surface area contributed by atoms with Crippen LogP contribution in [0.2, 0.25) is 0 Å². The van der Waals surface area contributed by atoms with E-state index >= 15 is 0 Å². The van der Waals surface area contributed by atoms with E-state index in [-0.39, 0.29) is 0 Å². The first kappa shape index (κ1) is 8.74. The number of rotatable bonds is 1. The maximum absolute atomic E-state index is 11.0. The largest absolute Gasteiger partial charge is 0.338 e. The molecule has 14 heavy (non-hydrogen) atoms. The Balaban J connectivity index is 2.85. The third kappa shape index (κ3) is 1.25. The van der Waals surface area contributed by atoms with Gasteiger partial charge >= 0.3 is 11.8 Å². The number of nitrogens with zero attached hydrogens (tertiary/aromatic N) is 2. The average molecular weight is 188 g/mol. The molecule has 0 unspecified atom stereocenters. The Labute approximate surface area is 80.0 Å². The summed E-state index contributed by atoms with van der Waals surface area (Å²) in [5.41, 5.74) is 0.937. The highest BCUT2D eigenvalue weighted by molar-refractivity contribution is 6.36. The summed E-state index contributed by atoms with van der Waals surface area (Å²) < 4.78 is 0. The van der Waals surface area contributed by atoms with E-state index in [2.05, 4.69) is 9.98 Å². The molecule has 0 bridgehead atoms. The number of aryl methyl sites for hydroxylation is 1. The second kappa shape index (κ2) is 3.14. The number of amides is 2. The predicted molar refractivity (Wildman–Crippen MR) is 48.1 cm³/mol. The minimum Gasteiger partial charge on any atom is -0.261 e. The number of hydrogen-bond donors (Lipinski definition) is 0. The van der Waals surface area contributed by atoms with Gasteiger partial charge < -0.3 is 0 Å². The molecule has 0 aromatic heterocycles. The lowest BCUT2D eigenvalue weighted by Gasteiger charge is -2.00. The van der Waals surface area contributed by atoms with Gasteiger partial charge in [0, 0.05) is 0 Å². The predicted octanol–water partition coefficient (Wildman–Crippen LogP) is -0.445. The summed E-state index contributed by atoms with van der Waals surface area (Å²) in [6.45, 7) is 1.96. The Morgan fingerprint density at radius 1 is 1.14 bits per heavy atom. The Kier molecular flexibility index (Phi) is 1.96. The first-order chi connectivity index (χ1) is 6.72. The summed E-state index contributed by atoms with van der Waals surface area (Å²) in [4.78, 5) is 29.3. The molecule has 1 aliphatic heterocycles. The van der Waals surface area contributed by atoms with Crippen molar-refractivity contribution in [3.05, 3.63) is 34.5 Å². The quantitative estimate of drug-likeness (QED) is 0.561. The van der Waals surface area contributed by atoms with Gasteiger partial charge in [0.1, 0.15) is 0 Å². The molecule has 0 saturated heterocycles. The van der Waals surface area contributed by atoms with Crippen LogP contribution in [0.25, 0.3) is 0 Å². The van der Waals surface area contributed by atoms with Gasteiger partial charge in [-0.05, 0) is 18.1 Å². The molecule has 2 amide bonds. The van der Waals surface area contributed by atoms with Crippen LogP contribution in [0.4, 0.5) is 0 Å². The van der Waals surface area contributed by atoms with Gasteiger partial charge in [-0.25, -0.2) is 9.98 Å². The van der Waals surface area contributed by atoms with Crippen molar-refractivity contribution < 1.29 is 9.59 Å². The highest BCUT2D eigenvalue weighted by Gasteiger charge is 2.15. The van der Waals surface area contributed by atoms with E-state index in [1.807, 2.05) is 13.0 Å². The SMILES string of the molecule is CCc1cccc2c1=NC(=O)C(=O)N=2. The summed E-state index contributed by atoms with van der Waals surface area (Å²) >= 11 is 0. The zero-order chi connectivity index (χ0) is 10.1. The van der Waals surface area contributed by atoms with Gasteiger partial charge in [0.25, 0.3) is 0 Å². The molecule has 1 aliphatic rings. The van der Waals surface area contributed by atoms with Crippen molar-refractivity contribution in [1.82, 2.24) is 0 Å². The van der Waals surface area contributed by atoms with Crippen LogP contribution in [-0.2, 0) is 16.0 Å². The van der Waals surface area contributed by atoms with Crippen molar-refractivity contribution in [3.63, 3.8) is 0 Å². The van der Waals surface area contributed by atoms with Crippen LogP contribution in [0.1, 0.15) is 12.5 Å². The third-order valence-corrected chi connectivity index (χ3v) is 2.10. The van der Waals surface area contributed by atoms with Crippen molar-refractivity contribution in [2.75, 3.05) is 0 Å². The summed E-state index contributed by atoms with van der Waals surface area (Å²) in [7, 11) is 0. The fourth-order valence-electron chi connectivity index (χ4n) is 1.39. The normalized spacial score (nSPS) is 14.4. The molecule has 1 aromatic carbocycles. The van der Waals surface area contributed by atoms with Crippen molar-refractivity contribution in [1.29, 1.82) is 0 Å². The second-order valence-corrected chi connectivity index (χ2v) is 2.97. The lowest BCUT2D eigenvalue weighted by molar-refractivity contribution is -0.135. The topological polar surface area (TPSA) is 58.9 Å². The Hall–Kier alpha value is -1.84. The van der Waals surface area contributed by atoms with Gasteiger partial charge in [-0.3, -0.25) is 9.59 Å². The smallest absolute Gasteiger partial charge is 0.261 e. The lowest BCUT2D eigenvalue weighted by atomic mass is 10.1. The zero-order valence-electron chi connectivity index (χ0n) is 7.65. The fraction of sp³-hybridized carbons (Fsp3) is 0.200. The number of fused-ring (bicyclic) bond motifs is 1. The molecule has 1 aromatic rings. The van der Waals surface area contributed by atoms with Crippen LogP contribution in [-0.4, -0.2) is 11.8 Å². The van der Waals surface area contributed by atoms with Crippen molar-refractivity contribution >= 4 is 11.8 Å². The maximum atomic E-state index is 11.0. The molecule has 0 saturated carbocycles. The molecule has 0 atom stereocenters. The van der Waals surface area contributed by atoms with Crippen LogP contribution in [0.5, 0.6) is 0 Å². The van der Waals surface area contributed by atoms with Crippen LogP contribution in [0.3, 0.4) is 0 Å². The van der Waals surface area contributed by atoms with E-state index in [1.54, 1.807) is 12.1 Å². The van der Waals surface area contributed by atoms with Gasteiger partial charge in [0.15, 0.2) is 0 Å². The van der Waals surface area contributed by atoms with E-state index < -0.39 is 11.8 Å². The first-order valence-electron chi connectivity index (χ1n) is 4.36. The summed E-state index contributed by atoms with van der Waals surface area (Å²) in [5.74, 6) is -1.57. The van der Waals surface area contributed by atoms with Crippen LogP contribution in [0, 0.1) is 0 Å². The molecule has 0 radical (unpaired) electrons. The second-order valence-electron chi connectivity index (χ2n) is 2.97.